The van der Waals surface area contributed by atoms with Crippen LogP contribution in [0.25, 0.3) is 16.5 Å². The molecule has 7 heteroatoms. The van der Waals surface area contributed by atoms with Gasteiger partial charge < -0.3 is 5.73 Å². The van der Waals surface area contributed by atoms with Crippen molar-refractivity contribution in [3.05, 3.63) is 50.7 Å². The van der Waals surface area contributed by atoms with E-state index in [9.17, 15) is 4.79 Å². The van der Waals surface area contributed by atoms with Crippen LogP contribution < -0.4 is 5.73 Å². The second kappa shape index (κ2) is 8.99. The zero-order valence-corrected chi connectivity index (χ0v) is 20.4. The second-order valence-electron chi connectivity index (χ2n) is 8.69. The third-order valence-corrected chi connectivity index (χ3v) is 9.49. The maximum absolute atomic E-state index is 13.3. The van der Waals surface area contributed by atoms with Crippen LogP contribution in [-0.2, 0) is 11.2 Å². The smallest absolute Gasteiger partial charge is 0.266 e. The molecule has 2 saturated carbocycles. The van der Waals surface area contributed by atoms with Crippen LogP contribution in [0.15, 0.2) is 35.2 Å². The minimum absolute atomic E-state index is 0.0961. The first kappa shape index (κ1) is 21.7. The van der Waals surface area contributed by atoms with Crippen LogP contribution in [0.3, 0.4) is 0 Å². The van der Waals surface area contributed by atoms with Gasteiger partial charge in [-0.3, -0.25) is 9.69 Å². The van der Waals surface area contributed by atoms with Gasteiger partial charge in [-0.1, -0.05) is 54.1 Å². The third-order valence-electron chi connectivity index (χ3n) is 6.74. The lowest BCUT2D eigenvalue weighted by molar-refractivity contribution is -0.124. The molecule has 2 bridgehead atoms. The van der Waals surface area contributed by atoms with Crippen LogP contribution in [0, 0.1) is 11.8 Å². The number of aryl methyl sites for hydroxylation is 1. The van der Waals surface area contributed by atoms with Gasteiger partial charge in [0, 0.05) is 20.8 Å². The monoisotopic (exact) mass is 488 g/mol. The van der Waals surface area contributed by atoms with Gasteiger partial charge in [-0.2, -0.15) is 0 Å². The maximum Gasteiger partial charge on any atom is 0.266 e. The highest BCUT2D eigenvalue weighted by atomic mass is 35.5. The number of carbonyl (C=O) groups is 1. The first-order valence-corrected chi connectivity index (χ1v) is 13.3. The Labute approximate surface area is 202 Å². The molecule has 2 heterocycles. The molecule has 3 fully saturated rings. The number of hydrogen-bond donors (Lipinski definition) is 1. The van der Waals surface area contributed by atoms with Crippen LogP contribution in [0.2, 0.25) is 5.02 Å². The molecular formula is C24H25ClN2OS3. The number of nitrogens with zero attached hydrogens (tertiary/aromatic N) is 1. The lowest BCUT2D eigenvalue weighted by atomic mass is 9.94. The number of thioether (sulfide) groups is 1. The fraction of sp³-hybridized carbons (Fsp3) is 0.417. The average Bonchev–Trinajstić information content (AvgIpc) is 3.52. The average molecular weight is 489 g/mol. The summed E-state index contributed by atoms with van der Waals surface area (Å²) in [5.74, 6) is 1.51. The van der Waals surface area contributed by atoms with Gasteiger partial charge in [0.05, 0.1) is 4.91 Å². The standard InChI is InChI=1S/C24H25ClN2OS3/c25-18-7-5-15(6-8-18)20-12-17(2-1-9-26)21(30-20)13-22-23(28)27(24(29)31-22)19-11-14-3-4-16(19)10-14/h5-8,12-14,16,19H,1-4,9-11,26H2/b22-13-. The van der Waals surface area contributed by atoms with Crippen molar-refractivity contribution < 1.29 is 4.79 Å². The number of thiocarbonyl (C=S) groups is 1. The molecule has 0 radical (unpaired) electrons. The number of rotatable bonds is 6. The Kier molecular flexibility index (Phi) is 6.28. The van der Waals surface area contributed by atoms with Crippen LogP contribution in [0.4, 0.5) is 0 Å². The molecule has 3 atom stereocenters. The summed E-state index contributed by atoms with van der Waals surface area (Å²) in [5.41, 5.74) is 8.15. The predicted molar refractivity (Wildman–Crippen MR) is 136 cm³/mol. The van der Waals surface area contributed by atoms with Gasteiger partial charge in [-0.05, 0) is 85.9 Å². The zero-order chi connectivity index (χ0) is 21.5. The molecule has 1 aromatic heterocycles. The first-order valence-electron chi connectivity index (χ1n) is 10.9. The Balaban J connectivity index is 1.44. The van der Waals surface area contributed by atoms with E-state index in [1.807, 2.05) is 29.2 Å². The Morgan fingerprint density at radius 2 is 2.03 bits per heavy atom. The number of halogens is 1. The van der Waals surface area contributed by atoms with Gasteiger partial charge in [0.2, 0.25) is 0 Å². The SMILES string of the molecule is NCCCc1cc(-c2ccc(Cl)cc2)sc1/C=C1\SC(=S)N(C2CC3CCC2C3)C1=O. The van der Waals surface area contributed by atoms with Crippen molar-refractivity contribution in [3.63, 3.8) is 0 Å². The van der Waals surface area contributed by atoms with Crippen molar-refractivity contribution in [1.82, 2.24) is 4.90 Å². The molecular weight excluding hydrogens is 464 g/mol. The minimum Gasteiger partial charge on any atom is -0.330 e. The quantitative estimate of drug-likeness (QED) is 0.380. The van der Waals surface area contributed by atoms with Crippen molar-refractivity contribution >= 4 is 63.2 Å². The summed E-state index contributed by atoms with van der Waals surface area (Å²) in [7, 11) is 0. The molecule has 1 aliphatic heterocycles. The van der Waals surface area contributed by atoms with E-state index in [-0.39, 0.29) is 5.91 Å². The highest BCUT2D eigenvalue weighted by Crippen LogP contribution is 2.49. The molecule has 2 aliphatic carbocycles. The normalized spacial score (nSPS) is 26.6. The van der Waals surface area contributed by atoms with Gasteiger partial charge in [0.1, 0.15) is 4.32 Å². The number of carbonyl (C=O) groups excluding carboxylic acids is 1. The molecule has 2 N–H and O–H groups in total. The summed E-state index contributed by atoms with van der Waals surface area (Å²) in [6.45, 7) is 0.651. The number of amides is 1. The lowest BCUT2D eigenvalue weighted by Crippen LogP contribution is -2.41. The van der Waals surface area contributed by atoms with E-state index in [0.717, 1.165) is 49.9 Å². The molecule has 3 aliphatic rings. The molecule has 162 valence electrons. The maximum atomic E-state index is 13.3. The van der Waals surface area contributed by atoms with Gasteiger partial charge in [-0.25, -0.2) is 0 Å². The van der Waals surface area contributed by atoms with E-state index in [4.69, 9.17) is 29.6 Å². The Morgan fingerprint density at radius 3 is 2.71 bits per heavy atom. The Bertz CT molecular complexity index is 1050. The highest BCUT2D eigenvalue weighted by Gasteiger charge is 2.47. The van der Waals surface area contributed by atoms with E-state index in [0.29, 0.717) is 18.5 Å². The number of fused-ring (bicyclic) bond motifs is 2. The van der Waals surface area contributed by atoms with E-state index >= 15 is 0 Å². The van der Waals surface area contributed by atoms with Crippen LogP contribution in [0.1, 0.15) is 42.5 Å². The van der Waals surface area contributed by atoms with Gasteiger partial charge in [-0.15, -0.1) is 11.3 Å². The van der Waals surface area contributed by atoms with Crippen molar-refractivity contribution in [1.29, 1.82) is 0 Å². The van der Waals surface area contributed by atoms with Crippen molar-refractivity contribution in [2.45, 2.75) is 44.6 Å². The Morgan fingerprint density at radius 1 is 1.23 bits per heavy atom. The highest BCUT2D eigenvalue weighted by molar-refractivity contribution is 8.26. The van der Waals surface area contributed by atoms with Gasteiger partial charge in [0.25, 0.3) is 5.91 Å². The topological polar surface area (TPSA) is 46.3 Å². The molecule has 3 nitrogen and oxygen atoms in total. The van der Waals surface area contributed by atoms with Crippen molar-refractivity contribution in [3.8, 4) is 10.4 Å². The van der Waals surface area contributed by atoms with E-state index in [2.05, 4.69) is 12.1 Å². The predicted octanol–water partition coefficient (Wildman–Crippen LogP) is 6.35. The summed E-state index contributed by atoms with van der Waals surface area (Å²) in [6, 6.07) is 10.4. The van der Waals surface area contributed by atoms with Crippen molar-refractivity contribution in [2.75, 3.05) is 6.54 Å². The number of benzene rings is 1. The summed E-state index contributed by atoms with van der Waals surface area (Å²) >= 11 is 14.9. The molecule has 3 unspecified atom stereocenters. The molecule has 0 spiro atoms. The van der Waals surface area contributed by atoms with E-state index in [1.54, 1.807) is 11.3 Å². The number of hydrogen-bond acceptors (Lipinski definition) is 5. The van der Waals surface area contributed by atoms with Crippen LogP contribution in [-0.4, -0.2) is 27.7 Å². The second-order valence-corrected chi connectivity index (χ2v) is 11.9. The largest absolute Gasteiger partial charge is 0.330 e. The summed E-state index contributed by atoms with van der Waals surface area (Å²) in [6.07, 6.45) is 8.82. The molecule has 5 rings (SSSR count). The van der Waals surface area contributed by atoms with Crippen molar-refractivity contribution in [2.24, 2.45) is 17.6 Å². The molecule has 2 aromatic rings. The Hall–Kier alpha value is -1.18. The fourth-order valence-corrected chi connectivity index (χ4v) is 7.94. The molecule has 31 heavy (non-hydrogen) atoms. The summed E-state index contributed by atoms with van der Waals surface area (Å²) < 4.78 is 0.729. The van der Waals surface area contributed by atoms with E-state index < -0.39 is 0 Å². The third kappa shape index (κ3) is 4.25. The molecule has 1 saturated heterocycles. The summed E-state index contributed by atoms with van der Waals surface area (Å²) in [5, 5.41) is 0.730. The minimum atomic E-state index is 0.0961. The van der Waals surface area contributed by atoms with Gasteiger partial charge in [0.15, 0.2) is 0 Å². The molecule has 1 amide bonds. The van der Waals surface area contributed by atoms with E-state index in [1.165, 1.54) is 41.5 Å². The van der Waals surface area contributed by atoms with Crippen LogP contribution in [0.5, 0.6) is 0 Å². The number of nitrogens with two attached hydrogens (primary N) is 1. The first-order chi connectivity index (χ1) is 15.0. The summed E-state index contributed by atoms with van der Waals surface area (Å²) in [4.78, 5) is 18.3. The van der Waals surface area contributed by atoms with Crippen LogP contribution >= 0.6 is 46.9 Å². The number of thiophene rings is 1. The molecule has 1 aromatic carbocycles. The zero-order valence-electron chi connectivity index (χ0n) is 17.2. The lowest BCUT2D eigenvalue weighted by Gasteiger charge is -2.30. The van der Waals surface area contributed by atoms with Gasteiger partial charge >= 0.3 is 0 Å². The fourth-order valence-electron chi connectivity index (χ4n) is 5.22.